The number of fused-ring (bicyclic) bond motifs is 1. The van der Waals surface area contributed by atoms with Crippen LogP contribution in [0.1, 0.15) is 25.2 Å². The van der Waals surface area contributed by atoms with Crippen LogP contribution in [0.5, 0.6) is 0 Å². The van der Waals surface area contributed by atoms with Crippen molar-refractivity contribution in [3.63, 3.8) is 0 Å². The molecule has 0 saturated carbocycles. The van der Waals surface area contributed by atoms with E-state index < -0.39 is 10.8 Å². The summed E-state index contributed by atoms with van der Waals surface area (Å²) in [6.07, 6.45) is 3.09. The highest BCUT2D eigenvalue weighted by molar-refractivity contribution is 7.84. The second kappa shape index (κ2) is 6.68. The van der Waals surface area contributed by atoms with Crippen LogP contribution in [0.3, 0.4) is 0 Å². The smallest absolute Gasteiger partial charge is 0.125 e. The summed E-state index contributed by atoms with van der Waals surface area (Å²) < 4.78 is 26.7. The molecule has 0 spiro atoms. The summed E-state index contributed by atoms with van der Waals surface area (Å²) in [6, 6.07) is 4.71. The maximum Gasteiger partial charge on any atom is 0.125 e. The molecule has 2 aromatic rings. The van der Waals surface area contributed by atoms with Crippen molar-refractivity contribution in [3.8, 4) is 0 Å². The molecule has 0 aliphatic carbocycles. The van der Waals surface area contributed by atoms with Gasteiger partial charge in [-0.2, -0.15) is 0 Å². The molecular formula is C14H18ClFN2OS. The van der Waals surface area contributed by atoms with Gasteiger partial charge in [0.2, 0.25) is 0 Å². The highest BCUT2D eigenvalue weighted by Gasteiger charge is 2.16. The number of hydrogen-bond donors (Lipinski definition) is 0. The van der Waals surface area contributed by atoms with Crippen molar-refractivity contribution in [1.82, 2.24) is 9.55 Å². The summed E-state index contributed by atoms with van der Waals surface area (Å²) in [5, 5.41) is 0. The van der Waals surface area contributed by atoms with Crippen LogP contribution in [-0.4, -0.2) is 31.6 Å². The lowest BCUT2D eigenvalue weighted by Crippen LogP contribution is -2.12. The first-order valence-corrected chi connectivity index (χ1v) is 8.81. The number of hydrogen-bond acceptors (Lipinski definition) is 2. The van der Waals surface area contributed by atoms with Gasteiger partial charge in [0, 0.05) is 41.2 Å². The minimum absolute atomic E-state index is 0.115. The maximum atomic E-state index is 13.5. The van der Waals surface area contributed by atoms with Gasteiger partial charge in [-0.1, -0.05) is 0 Å². The van der Waals surface area contributed by atoms with Crippen molar-refractivity contribution in [1.29, 1.82) is 0 Å². The second-order valence-electron chi connectivity index (χ2n) is 4.89. The Hall–Kier alpha value is -0.940. The molecule has 0 radical (unpaired) electrons. The van der Waals surface area contributed by atoms with E-state index in [-0.39, 0.29) is 11.9 Å². The molecule has 110 valence electrons. The van der Waals surface area contributed by atoms with Crippen LogP contribution in [0.2, 0.25) is 0 Å². The first-order chi connectivity index (χ1) is 9.52. The summed E-state index contributed by atoms with van der Waals surface area (Å²) >= 11 is 5.82. The molecule has 1 heterocycles. The van der Waals surface area contributed by atoms with Crippen LogP contribution in [0.15, 0.2) is 18.2 Å². The zero-order valence-corrected chi connectivity index (χ0v) is 13.2. The quantitative estimate of drug-likeness (QED) is 0.767. The molecule has 3 nitrogen and oxygen atoms in total. The first-order valence-electron chi connectivity index (χ1n) is 6.55. The topological polar surface area (TPSA) is 34.9 Å². The Morgan fingerprint density at radius 2 is 2.25 bits per heavy atom. The highest BCUT2D eigenvalue weighted by Crippen LogP contribution is 2.24. The molecule has 2 rings (SSSR count). The van der Waals surface area contributed by atoms with Gasteiger partial charge in [-0.15, -0.1) is 11.6 Å². The average molecular weight is 317 g/mol. The van der Waals surface area contributed by atoms with E-state index in [0.29, 0.717) is 18.1 Å². The van der Waals surface area contributed by atoms with Crippen LogP contribution in [0, 0.1) is 5.82 Å². The average Bonchev–Trinajstić information content (AvgIpc) is 2.73. The molecule has 20 heavy (non-hydrogen) atoms. The molecule has 0 aliphatic rings. The third kappa shape index (κ3) is 3.38. The lowest BCUT2D eigenvalue weighted by atomic mass is 10.2. The zero-order valence-electron chi connectivity index (χ0n) is 11.6. The van der Waals surface area contributed by atoms with Gasteiger partial charge in [-0.05, 0) is 31.5 Å². The lowest BCUT2D eigenvalue weighted by Gasteiger charge is -2.17. The molecule has 2 unspecified atom stereocenters. The van der Waals surface area contributed by atoms with Crippen LogP contribution >= 0.6 is 11.6 Å². The van der Waals surface area contributed by atoms with E-state index in [1.54, 1.807) is 12.3 Å². The third-order valence-corrected chi connectivity index (χ3v) is 4.31. The monoisotopic (exact) mass is 316 g/mol. The molecule has 2 atom stereocenters. The van der Waals surface area contributed by atoms with E-state index in [9.17, 15) is 8.60 Å². The molecule has 0 aliphatic heterocycles. The maximum absolute atomic E-state index is 13.5. The Morgan fingerprint density at radius 3 is 2.90 bits per heavy atom. The van der Waals surface area contributed by atoms with Crippen molar-refractivity contribution in [3.05, 3.63) is 29.8 Å². The van der Waals surface area contributed by atoms with E-state index in [0.717, 1.165) is 23.3 Å². The summed E-state index contributed by atoms with van der Waals surface area (Å²) in [4.78, 5) is 4.53. The second-order valence-corrected chi connectivity index (χ2v) is 6.82. The molecule has 0 saturated heterocycles. The molecular weight excluding hydrogens is 299 g/mol. The molecule has 0 bridgehead atoms. The normalized spacial score (nSPS) is 14.6. The van der Waals surface area contributed by atoms with Gasteiger partial charge in [-0.25, -0.2) is 9.37 Å². The fraction of sp³-hybridized carbons (Fsp3) is 0.500. The number of aryl methyl sites for hydroxylation is 1. The van der Waals surface area contributed by atoms with Crippen LogP contribution < -0.4 is 0 Å². The zero-order chi connectivity index (χ0) is 14.7. The highest BCUT2D eigenvalue weighted by atomic mass is 35.5. The van der Waals surface area contributed by atoms with Gasteiger partial charge >= 0.3 is 0 Å². The third-order valence-electron chi connectivity index (χ3n) is 3.31. The van der Waals surface area contributed by atoms with Gasteiger partial charge in [0.25, 0.3) is 0 Å². The van der Waals surface area contributed by atoms with Gasteiger partial charge in [0.1, 0.15) is 11.6 Å². The minimum atomic E-state index is -0.830. The largest absolute Gasteiger partial charge is 0.325 e. The Labute approximate surface area is 125 Å². The molecule has 0 N–H and O–H groups in total. The number of alkyl halides is 1. The fourth-order valence-corrected chi connectivity index (χ4v) is 3.18. The number of benzene rings is 1. The van der Waals surface area contributed by atoms with E-state index >= 15 is 0 Å². The molecule has 0 amide bonds. The summed E-state index contributed by atoms with van der Waals surface area (Å²) in [5.41, 5.74) is 1.55. The van der Waals surface area contributed by atoms with Gasteiger partial charge < -0.3 is 4.57 Å². The summed E-state index contributed by atoms with van der Waals surface area (Å²) in [7, 11) is -0.830. The standard InChI is InChI=1S/C14H18ClFN2OS/c1-10(6-8-20(2)19)18-13-9-11(16)3-4-12(13)17-14(18)5-7-15/h3-4,9-10H,5-8H2,1-2H3. The van der Waals surface area contributed by atoms with E-state index in [2.05, 4.69) is 4.98 Å². The molecule has 1 aromatic carbocycles. The van der Waals surface area contributed by atoms with Crippen molar-refractivity contribution in [2.75, 3.05) is 17.9 Å². The number of rotatable bonds is 6. The van der Waals surface area contributed by atoms with E-state index in [1.807, 2.05) is 11.5 Å². The number of halogens is 2. The Kier molecular flexibility index (Phi) is 5.16. The molecule has 1 aromatic heterocycles. The fourth-order valence-electron chi connectivity index (χ4n) is 2.33. The number of nitrogens with zero attached hydrogens (tertiary/aromatic N) is 2. The van der Waals surface area contributed by atoms with Crippen molar-refractivity contribution >= 4 is 33.4 Å². The van der Waals surface area contributed by atoms with Crippen molar-refractivity contribution in [2.24, 2.45) is 0 Å². The predicted octanol–water partition coefficient (Wildman–Crippen LogP) is 3.29. The summed E-state index contributed by atoms with van der Waals surface area (Å²) in [6.45, 7) is 2.04. The molecule has 0 fully saturated rings. The summed E-state index contributed by atoms with van der Waals surface area (Å²) in [5.74, 6) is 1.67. The Bertz CT molecular complexity index is 629. The van der Waals surface area contributed by atoms with Crippen LogP contribution in [0.4, 0.5) is 4.39 Å². The number of aromatic nitrogens is 2. The van der Waals surface area contributed by atoms with Crippen LogP contribution in [0.25, 0.3) is 11.0 Å². The first kappa shape index (κ1) is 15.4. The van der Waals surface area contributed by atoms with Crippen LogP contribution in [-0.2, 0) is 17.2 Å². The SMILES string of the molecule is CC(CCS(C)=O)n1c(CCCl)nc2ccc(F)cc21. The minimum Gasteiger partial charge on any atom is -0.325 e. The molecule has 6 heteroatoms. The Balaban J connectivity index is 2.43. The predicted molar refractivity (Wildman–Crippen MR) is 82.4 cm³/mol. The van der Waals surface area contributed by atoms with Crippen molar-refractivity contribution < 1.29 is 8.60 Å². The van der Waals surface area contributed by atoms with Gasteiger partial charge in [0.05, 0.1) is 11.0 Å². The lowest BCUT2D eigenvalue weighted by molar-refractivity contribution is 0.524. The van der Waals surface area contributed by atoms with E-state index in [1.165, 1.54) is 12.1 Å². The van der Waals surface area contributed by atoms with Gasteiger partial charge in [0.15, 0.2) is 0 Å². The number of imidazole rings is 1. The van der Waals surface area contributed by atoms with Crippen molar-refractivity contribution in [2.45, 2.75) is 25.8 Å². The van der Waals surface area contributed by atoms with Gasteiger partial charge in [-0.3, -0.25) is 4.21 Å². The Morgan fingerprint density at radius 1 is 1.50 bits per heavy atom. The van der Waals surface area contributed by atoms with E-state index in [4.69, 9.17) is 11.6 Å².